The maximum absolute atomic E-state index is 5.43. The number of benzene rings is 1. The Morgan fingerprint density at radius 1 is 1.20 bits per heavy atom. The molecular formula is C22H35N7O. The summed E-state index contributed by atoms with van der Waals surface area (Å²) in [5.74, 6) is 1.95. The summed E-state index contributed by atoms with van der Waals surface area (Å²) in [6.45, 7) is 10.2. The number of nitrogens with one attached hydrogen (secondary N) is 1. The Labute approximate surface area is 179 Å². The summed E-state index contributed by atoms with van der Waals surface area (Å²) < 4.78 is 7.52. The van der Waals surface area contributed by atoms with Crippen molar-refractivity contribution >= 4 is 5.96 Å². The lowest BCUT2D eigenvalue weighted by molar-refractivity contribution is 0.0377. The van der Waals surface area contributed by atoms with Gasteiger partial charge in [-0.05, 0) is 12.0 Å². The smallest absolute Gasteiger partial charge is 0.194 e. The van der Waals surface area contributed by atoms with Crippen LogP contribution in [0.5, 0.6) is 0 Å². The number of guanidine groups is 1. The summed E-state index contributed by atoms with van der Waals surface area (Å²) in [7, 11) is 2.09. The van der Waals surface area contributed by atoms with Crippen LogP contribution >= 0.6 is 0 Å². The first-order valence-electron chi connectivity index (χ1n) is 11.0. The van der Waals surface area contributed by atoms with E-state index >= 15 is 0 Å². The first kappa shape index (κ1) is 22.2. The van der Waals surface area contributed by atoms with Gasteiger partial charge in [0, 0.05) is 59.3 Å². The van der Waals surface area contributed by atoms with E-state index in [2.05, 4.69) is 68.1 Å². The standard InChI is InChI=1S/C22H35N7O/c1-3-21-26-25-19-29(21)13-11-24-22(27(2)18-20-8-5-4-6-9-20)23-10-7-12-28-14-16-30-17-15-28/h4-6,8-9,19H,3,7,10-18H2,1-2H3,(H,23,24). The Morgan fingerprint density at radius 3 is 2.77 bits per heavy atom. The maximum atomic E-state index is 5.43. The van der Waals surface area contributed by atoms with Gasteiger partial charge in [0.2, 0.25) is 0 Å². The monoisotopic (exact) mass is 413 g/mol. The highest BCUT2D eigenvalue weighted by molar-refractivity contribution is 5.79. The highest BCUT2D eigenvalue weighted by atomic mass is 16.5. The molecule has 1 aliphatic heterocycles. The zero-order valence-electron chi connectivity index (χ0n) is 18.3. The zero-order chi connectivity index (χ0) is 21.0. The SMILES string of the molecule is CCc1nncn1CCNC(=NCCCN1CCOCC1)N(C)Cc1ccccc1. The second-order valence-corrected chi connectivity index (χ2v) is 7.58. The fourth-order valence-corrected chi connectivity index (χ4v) is 3.58. The van der Waals surface area contributed by atoms with Crippen molar-refractivity contribution in [3.8, 4) is 0 Å². The van der Waals surface area contributed by atoms with E-state index in [0.717, 1.165) is 83.7 Å². The number of nitrogens with zero attached hydrogens (tertiary/aromatic N) is 6. The molecule has 1 aromatic carbocycles. The van der Waals surface area contributed by atoms with E-state index in [9.17, 15) is 0 Å². The van der Waals surface area contributed by atoms with Gasteiger partial charge in [0.25, 0.3) is 0 Å². The predicted molar refractivity (Wildman–Crippen MR) is 119 cm³/mol. The van der Waals surface area contributed by atoms with Crippen molar-refractivity contribution in [1.29, 1.82) is 0 Å². The normalized spacial score (nSPS) is 15.3. The molecule has 30 heavy (non-hydrogen) atoms. The second kappa shape index (κ2) is 12.3. The molecule has 8 nitrogen and oxygen atoms in total. The van der Waals surface area contributed by atoms with Crippen LogP contribution in [0.2, 0.25) is 0 Å². The fraction of sp³-hybridized carbons (Fsp3) is 0.591. The van der Waals surface area contributed by atoms with Crippen molar-refractivity contribution in [3.05, 3.63) is 48.0 Å². The van der Waals surface area contributed by atoms with Gasteiger partial charge in [-0.15, -0.1) is 10.2 Å². The number of aryl methyl sites for hydroxylation is 1. The Morgan fingerprint density at radius 2 is 2.00 bits per heavy atom. The third kappa shape index (κ3) is 7.11. The quantitative estimate of drug-likeness (QED) is 0.363. The fourth-order valence-electron chi connectivity index (χ4n) is 3.58. The lowest BCUT2D eigenvalue weighted by atomic mass is 10.2. The van der Waals surface area contributed by atoms with Crippen LogP contribution in [0, 0.1) is 0 Å². The molecule has 1 N–H and O–H groups in total. The predicted octanol–water partition coefficient (Wildman–Crippen LogP) is 1.64. The van der Waals surface area contributed by atoms with Crippen LogP contribution in [0.3, 0.4) is 0 Å². The lowest BCUT2D eigenvalue weighted by Crippen LogP contribution is -2.40. The average Bonchev–Trinajstić information content (AvgIpc) is 3.24. The molecule has 0 bridgehead atoms. The van der Waals surface area contributed by atoms with Crippen molar-refractivity contribution in [2.45, 2.75) is 32.9 Å². The number of aromatic nitrogens is 3. The van der Waals surface area contributed by atoms with Gasteiger partial charge in [-0.1, -0.05) is 37.3 Å². The van der Waals surface area contributed by atoms with Crippen LogP contribution in [0.4, 0.5) is 0 Å². The largest absolute Gasteiger partial charge is 0.379 e. The third-order valence-corrected chi connectivity index (χ3v) is 5.27. The first-order valence-corrected chi connectivity index (χ1v) is 11.0. The molecule has 0 atom stereocenters. The summed E-state index contributed by atoms with van der Waals surface area (Å²) >= 11 is 0. The Kier molecular flexibility index (Phi) is 9.11. The molecule has 3 rings (SSSR count). The van der Waals surface area contributed by atoms with E-state index in [4.69, 9.17) is 9.73 Å². The molecule has 0 spiro atoms. The van der Waals surface area contributed by atoms with Gasteiger partial charge in [0.1, 0.15) is 12.2 Å². The minimum absolute atomic E-state index is 0.784. The molecule has 0 saturated carbocycles. The topological polar surface area (TPSA) is 70.8 Å². The summed E-state index contributed by atoms with van der Waals surface area (Å²) in [6, 6.07) is 10.5. The summed E-state index contributed by atoms with van der Waals surface area (Å²) in [4.78, 5) is 9.55. The molecule has 0 unspecified atom stereocenters. The minimum Gasteiger partial charge on any atom is -0.379 e. The van der Waals surface area contributed by atoms with Crippen LogP contribution in [0.25, 0.3) is 0 Å². The van der Waals surface area contributed by atoms with Gasteiger partial charge in [0.05, 0.1) is 13.2 Å². The molecule has 0 amide bonds. The first-order chi connectivity index (χ1) is 14.8. The average molecular weight is 414 g/mol. The number of morpholine rings is 1. The Bertz CT molecular complexity index is 756. The number of aliphatic imine (C=N–C) groups is 1. The molecular weight excluding hydrogens is 378 g/mol. The van der Waals surface area contributed by atoms with Gasteiger partial charge < -0.3 is 19.5 Å². The summed E-state index contributed by atoms with van der Waals surface area (Å²) in [5, 5.41) is 11.7. The van der Waals surface area contributed by atoms with Crippen LogP contribution in [-0.2, 0) is 24.2 Å². The maximum Gasteiger partial charge on any atom is 0.194 e. The number of rotatable bonds is 10. The molecule has 164 valence electrons. The Balaban J connectivity index is 1.53. The zero-order valence-corrected chi connectivity index (χ0v) is 18.3. The van der Waals surface area contributed by atoms with Crippen molar-refractivity contribution in [2.75, 3.05) is 53.0 Å². The van der Waals surface area contributed by atoms with Crippen molar-refractivity contribution in [3.63, 3.8) is 0 Å². The van der Waals surface area contributed by atoms with Crippen molar-refractivity contribution in [2.24, 2.45) is 4.99 Å². The van der Waals surface area contributed by atoms with Gasteiger partial charge in [0.15, 0.2) is 5.96 Å². The third-order valence-electron chi connectivity index (χ3n) is 5.27. The molecule has 2 heterocycles. The van der Waals surface area contributed by atoms with E-state index in [0.29, 0.717) is 0 Å². The summed E-state index contributed by atoms with van der Waals surface area (Å²) in [5.41, 5.74) is 1.27. The van der Waals surface area contributed by atoms with Gasteiger partial charge >= 0.3 is 0 Å². The second-order valence-electron chi connectivity index (χ2n) is 7.58. The molecule has 1 aliphatic rings. The Hall–Kier alpha value is -2.45. The van der Waals surface area contributed by atoms with Gasteiger partial charge in [-0.25, -0.2) is 0 Å². The van der Waals surface area contributed by atoms with Crippen LogP contribution < -0.4 is 5.32 Å². The molecule has 1 fully saturated rings. The van der Waals surface area contributed by atoms with E-state index in [-0.39, 0.29) is 0 Å². The van der Waals surface area contributed by atoms with Crippen molar-refractivity contribution in [1.82, 2.24) is 29.9 Å². The molecule has 8 heteroatoms. The van der Waals surface area contributed by atoms with E-state index < -0.39 is 0 Å². The lowest BCUT2D eigenvalue weighted by Gasteiger charge is -2.26. The van der Waals surface area contributed by atoms with E-state index in [1.807, 2.05) is 6.07 Å². The number of hydrogen-bond donors (Lipinski definition) is 1. The van der Waals surface area contributed by atoms with E-state index in [1.54, 1.807) is 6.33 Å². The molecule has 0 radical (unpaired) electrons. The molecule has 1 saturated heterocycles. The van der Waals surface area contributed by atoms with Gasteiger partial charge in [-0.2, -0.15) is 0 Å². The molecule has 2 aromatic rings. The van der Waals surface area contributed by atoms with Crippen LogP contribution in [0.15, 0.2) is 41.7 Å². The number of hydrogen-bond acceptors (Lipinski definition) is 5. The number of ether oxygens (including phenoxy) is 1. The minimum atomic E-state index is 0.784. The van der Waals surface area contributed by atoms with E-state index in [1.165, 1.54) is 5.56 Å². The highest BCUT2D eigenvalue weighted by Crippen LogP contribution is 2.04. The molecule has 1 aromatic heterocycles. The summed E-state index contributed by atoms with van der Waals surface area (Å²) in [6.07, 6.45) is 3.74. The highest BCUT2D eigenvalue weighted by Gasteiger charge is 2.11. The molecule has 0 aliphatic carbocycles. The van der Waals surface area contributed by atoms with Gasteiger partial charge in [-0.3, -0.25) is 9.89 Å². The van der Waals surface area contributed by atoms with Crippen LogP contribution in [-0.4, -0.2) is 83.5 Å². The van der Waals surface area contributed by atoms with Crippen LogP contribution in [0.1, 0.15) is 24.7 Å². The van der Waals surface area contributed by atoms with Crippen molar-refractivity contribution < 1.29 is 4.74 Å².